The second-order valence-electron chi connectivity index (χ2n) is 14.8. The standard InChI is InChI=1S/C44H52N6O7/c45-41(54)34-18-10-11-25-46-42(55)35(28-31-19-21-33(22-20-31)40(53)32-16-8-3-9-17-32)49-44(57)37(27-30-14-6-2-7-15-30)50-43(56)36(26-29-12-4-1-5-13-29)48-39(52)24-23-38(51)47-34/h1,3-5,8-9,12-13,16-17,19-24,30,34-37H,2,6-7,10-11,14-15,18,25-28H2,(H2,45,54)(H,46,55)(H,47,51)(H,48,52)(H,49,57)(H,50,56)/b24-23+/t34?,35-,36?,37+/m1/s1. The van der Waals surface area contributed by atoms with Crippen LogP contribution in [0.5, 0.6) is 0 Å². The van der Waals surface area contributed by atoms with Gasteiger partial charge in [0.15, 0.2) is 5.78 Å². The normalized spacial score (nSPS) is 22.8. The first-order chi connectivity index (χ1) is 27.5. The predicted molar refractivity (Wildman–Crippen MR) is 214 cm³/mol. The molecule has 13 heteroatoms. The highest BCUT2D eigenvalue weighted by atomic mass is 16.2. The van der Waals surface area contributed by atoms with E-state index in [1.807, 2.05) is 24.3 Å². The number of hydrogen-bond acceptors (Lipinski definition) is 7. The van der Waals surface area contributed by atoms with Gasteiger partial charge in [0, 0.05) is 42.7 Å². The van der Waals surface area contributed by atoms with Crippen LogP contribution in [0.1, 0.15) is 84.8 Å². The summed E-state index contributed by atoms with van der Waals surface area (Å²) in [4.78, 5) is 93.2. The van der Waals surface area contributed by atoms with E-state index in [0.29, 0.717) is 36.0 Å². The first kappa shape index (κ1) is 42.0. The van der Waals surface area contributed by atoms with Crippen molar-refractivity contribution in [2.24, 2.45) is 11.7 Å². The van der Waals surface area contributed by atoms with Crippen LogP contribution in [0.15, 0.2) is 97.1 Å². The fraction of sp³-hybridized carbons (Fsp3) is 0.386. The SMILES string of the molecule is NC(=O)C1CCCCNC(=O)[C@@H](Cc2ccc(C(=O)c3ccccc3)cc2)NC(=O)[C@H](CC2CCCCC2)NC(=O)C(Cc2ccccc2)NC(=O)/C=C/C(=O)N1. The van der Waals surface area contributed by atoms with E-state index in [0.717, 1.165) is 49.8 Å². The number of carbonyl (C=O) groups excluding carboxylic acids is 7. The Morgan fingerprint density at radius 3 is 1.72 bits per heavy atom. The second-order valence-corrected chi connectivity index (χ2v) is 14.8. The van der Waals surface area contributed by atoms with E-state index in [9.17, 15) is 33.6 Å². The molecule has 4 atom stereocenters. The molecule has 5 rings (SSSR count). The van der Waals surface area contributed by atoms with Gasteiger partial charge in [-0.2, -0.15) is 0 Å². The molecule has 1 aliphatic carbocycles. The summed E-state index contributed by atoms with van der Waals surface area (Å²) in [6.45, 7) is 0.207. The maximum Gasteiger partial charge on any atom is 0.244 e. The first-order valence-corrected chi connectivity index (χ1v) is 19.7. The third-order valence-corrected chi connectivity index (χ3v) is 10.4. The molecule has 6 amide bonds. The van der Waals surface area contributed by atoms with Crippen LogP contribution in [0, 0.1) is 5.92 Å². The van der Waals surface area contributed by atoms with Crippen molar-refractivity contribution in [2.75, 3.05) is 6.54 Å². The summed E-state index contributed by atoms with van der Waals surface area (Å²) < 4.78 is 0. The van der Waals surface area contributed by atoms with Gasteiger partial charge < -0.3 is 32.3 Å². The molecule has 0 radical (unpaired) electrons. The molecule has 1 fully saturated rings. The zero-order valence-electron chi connectivity index (χ0n) is 32.0. The third kappa shape index (κ3) is 13.3. The van der Waals surface area contributed by atoms with Crippen molar-refractivity contribution in [1.82, 2.24) is 26.6 Å². The number of primary amides is 1. The molecule has 1 aliphatic heterocycles. The minimum Gasteiger partial charge on any atom is -0.368 e. The van der Waals surface area contributed by atoms with E-state index >= 15 is 0 Å². The molecule has 57 heavy (non-hydrogen) atoms. The highest BCUT2D eigenvalue weighted by molar-refractivity contribution is 6.09. The van der Waals surface area contributed by atoms with E-state index in [1.165, 1.54) is 0 Å². The number of benzene rings is 3. The van der Waals surface area contributed by atoms with Gasteiger partial charge in [-0.05, 0) is 42.7 Å². The van der Waals surface area contributed by atoms with Gasteiger partial charge in [-0.25, -0.2) is 0 Å². The van der Waals surface area contributed by atoms with Gasteiger partial charge in [0.2, 0.25) is 35.4 Å². The molecule has 0 spiro atoms. The number of hydrogen-bond donors (Lipinski definition) is 6. The van der Waals surface area contributed by atoms with Crippen molar-refractivity contribution in [3.8, 4) is 0 Å². The van der Waals surface area contributed by atoms with E-state index < -0.39 is 59.6 Å². The van der Waals surface area contributed by atoms with Crippen LogP contribution in [-0.4, -0.2) is 71.9 Å². The molecule has 1 heterocycles. The fourth-order valence-electron chi connectivity index (χ4n) is 7.27. The summed E-state index contributed by atoms with van der Waals surface area (Å²) in [6.07, 6.45) is 8.41. The number of nitrogens with two attached hydrogens (primary N) is 1. The average Bonchev–Trinajstić information content (AvgIpc) is 3.22. The Bertz CT molecular complexity index is 1890. The van der Waals surface area contributed by atoms with E-state index in [1.54, 1.807) is 60.7 Å². The van der Waals surface area contributed by atoms with E-state index in [2.05, 4.69) is 26.6 Å². The van der Waals surface area contributed by atoms with Crippen LogP contribution in [0.25, 0.3) is 0 Å². The maximum atomic E-state index is 14.3. The fourth-order valence-corrected chi connectivity index (χ4v) is 7.27. The molecular formula is C44H52N6O7. The zero-order chi connectivity index (χ0) is 40.6. The zero-order valence-corrected chi connectivity index (χ0v) is 32.0. The first-order valence-electron chi connectivity index (χ1n) is 19.7. The lowest BCUT2D eigenvalue weighted by Crippen LogP contribution is -2.58. The van der Waals surface area contributed by atoms with Gasteiger partial charge in [-0.1, -0.05) is 117 Å². The van der Waals surface area contributed by atoms with Crippen molar-refractivity contribution in [3.05, 3.63) is 119 Å². The van der Waals surface area contributed by atoms with Gasteiger partial charge in [-0.3, -0.25) is 33.6 Å². The number of rotatable bonds is 9. The molecule has 300 valence electrons. The van der Waals surface area contributed by atoms with Crippen LogP contribution in [0.3, 0.4) is 0 Å². The molecular weight excluding hydrogens is 725 g/mol. The van der Waals surface area contributed by atoms with Crippen molar-refractivity contribution in [2.45, 2.75) is 94.8 Å². The summed E-state index contributed by atoms with van der Waals surface area (Å²) in [5.74, 6) is -3.78. The number of ketones is 1. The average molecular weight is 777 g/mol. The summed E-state index contributed by atoms with van der Waals surface area (Å²) >= 11 is 0. The predicted octanol–water partition coefficient (Wildman–Crippen LogP) is 2.95. The smallest absolute Gasteiger partial charge is 0.244 e. The topological polar surface area (TPSA) is 206 Å². The quantitative estimate of drug-likeness (QED) is 0.179. The molecule has 13 nitrogen and oxygen atoms in total. The van der Waals surface area contributed by atoms with Gasteiger partial charge in [0.25, 0.3) is 0 Å². The van der Waals surface area contributed by atoms with E-state index in [4.69, 9.17) is 5.73 Å². The highest BCUT2D eigenvalue weighted by Crippen LogP contribution is 2.27. The largest absolute Gasteiger partial charge is 0.368 e. The lowest BCUT2D eigenvalue weighted by Gasteiger charge is -2.29. The number of amides is 6. The molecule has 3 aromatic rings. The third-order valence-electron chi connectivity index (χ3n) is 10.4. The summed E-state index contributed by atoms with van der Waals surface area (Å²) in [7, 11) is 0. The van der Waals surface area contributed by atoms with Crippen molar-refractivity contribution in [1.29, 1.82) is 0 Å². The minimum absolute atomic E-state index is 0.0910. The number of nitrogens with one attached hydrogen (secondary N) is 5. The van der Waals surface area contributed by atoms with Crippen LogP contribution >= 0.6 is 0 Å². The molecule has 7 N–H and O–H groups in total. The van der Waals surface area contributed by atoms with Crippen molar-refractivity contribution >= 4 is 41.2 Å². The van der Waals surface area contributed by atoms with Crippen LogP contribution < -0.4 is 32.3 Å². The van der Waals surface area contributed by atoms with Crippen LogP contribution in [-0.2, 0) is 41.6 Å². The van der Waals surface area contributed by atoms with Gasteiger partial charge in [0.05, 0.1) is 0 Å². The molecule has 2 aliphatic rings. The highest BCUT2D eigenvalue weighted by Gasteiger charge is 2.32. The molecule has 0 bridgehead atoms. The maximum absolute atomic E-state index is 14.3. The molecule has 3 aromatic carbocycles. The number of carbonyl (C=O) groups is 7. The molecule has 0 saturated heterocycles. The Hall–Kier alpha value is -6.11. The summed E-state index contributed by atoms with van der Waals surface area (Å²) in [6, 6.07) is 20.6. The summed E-state index contributed by atoms with van der Waals surface area (Å²) in [5, 5.41) is 13.9. The van der Waals surface area contributed by atoms with Crippen LogP contribution in [0.4, 0.5) is 0 Å². The molecule has 0 aromatic heterocycles. The lowest BCUT2D eigenvalue weighted by atomic mass is 9.84. The Morgan fingerprint density at radius 1 is 0.544 bits per heavy atom. The van der Waals surface area contributed by atoms with Gasteiger partial charge in [0.1, 0.15) is 24.2 Å². The Labute approximate surface area is 333 Å². The van der Waals surface area contributed by atoms with Gasteiger partial charge >= 0.3 is 0 Å². The second kappa shape index (κ2) is 21.3. The lowest BCUT2D eigenvalue weighted by molar-refractivity contribution is -0.133. The Morgan fingerprint density at radius 2 is 1.07 bits per heavy atom. The van der Waals surface area contributed by atoms with E-state index in [-0.39, 0.29) is 37.5 Å². The van der Waals surface area contributed by atoms with Crippen LogP contribution in [0.2, 0.25) is 0 Å². The summed E-state index contributed by atoms with van der Waals surface area (Å²) in [5.41, 5.74) is 8.00. The Balaban J connectivity index is 1.43. The van der Waals surface area contributed by atoms with Crippen molar-refractivity contribution in [3.63, 3.8) is 0 Å². The molecule has 2 unspecified atom stereocenters. The minimum atomic E-state index is -1.13. The van der Waals surface area contributed by atoms with Gasteiger partial charge in [-0.15, -0.1) is 0 Å². The Kier molecular flexibility index (Phi) is 15.7. The van der Waals surface area contributed by atoms with Crippen molar-refractivity contribution < 1.29 is 33.6 Å². The molecule has 1 saturated carbocycles. The monoisotopic (exact) mass is 776 g/mol.